The minimum atomic E-state index is -0.114. The predicted molar refractivity (Wildman–Crippen MR) is 86.5 cm³/mol. The van der Waals surface area contributed by atoms with Crippen molar-refractivity contribution in [1.82, 2.24) is 9.78 Å². The maximum atomic E-state index is 11.8. The molecule has 22 heavy (non-hydrogen) atoms. The number of ether oxygens (including phenoxy) is 1. The SMILES string of the molecule is Cn1nc2c(c1[C@H]1Cc3cc(Cl)cc(Br)c3O1)CC(=O)CC2. The molecule has 4 nitrogen and oxygen atoms in total. The number of fused-ring (bicyclic) bond motifs is 2. The summed E-state index contributed by atoms with van der Waals surface area (Å²) in [5.74, 6) is 1.12. The normalized spacial score (nSPS) is 19.8. The van der Waals surface area contributed by atoms with Gasteiger partial charge >= 0.3 is 0 Å². The van der Waals surface area contributed by atoms with Gasteiger partial charge in [0.25, 0.3) is 0 Å². The first-order valence-electron chi connectivity index (χ1n) is 7.24. The van der Waals surface area contributed by atoms with Crippen LogP contribution in [0.4, 0.5) is 0 Å². The third-order valence-corrected chi connectivity index (χ3v) is 5.15. The quantitative estimate of drug-likeness (QED) is 0.758. The van der Waals surface area contributed by atoms with Crippen molar-refractivity contribution in [2.45, 2.75) is 31.8 Å². The van der Waals surface area contributed by atoms with Gasteiger partial charge in [-0.1, -0.05) is 11.6 Å². The van der Waals surface area contributed by atoms with Crippen molar-refractivity contribution in [3.8, 4) is 5.75 Å². The van der Waals surface area contributed by atoms with Crippen molar-refractivity contribution < 1.29 is 9.53 Å². The minimum Gasteiger partial charge on any atom is -0.482 e. The number of hydrogen-bond acceptors (Lipinski definition) is 3. The van der Waals surface area contributed by atoms with E-state index in [1.54, 1.807) is 0 Å². The van der Waals surface area contributed by atoms with Crippen LogP contribution in [0.5, 0.6) is 5.75 Å². The molecule has 114 valence electrons. The van der Waals surface area contributed by atoms with E-state index in [2.05, 4.69) is 21.0 Å². The highest BCUT2D eigenvalue weighted by molar-refractivity contribution is 9.10. The van der Waals surface area contributed by atoms with Gasteiger partial charge in [-0.3, -0.25) is 9.48 Å². The Hall–Kier alpha value is -1.33. The molecule has 1 aromatic carbocycles. The summed E-state index contributed by atoms with van der Waals surface area (Å²) >= 11 is 9.63. The third-order valence-electron chi connectivity index (χ3n) is 4.35. The van der Waals surface area contributed by atoms with E-state index in [1.807, 2.05) is 23.9 Å². The number of rotatable bonds is 1. The first-order valence-corrected chi connectivity index (χ1v) is 8.41. The van der Waals surface area contributed by atoms with Crippen LogP contribution in [0.1, 0.15) is 35.0 Å². The molecule has 0 N–H and O–H groups in total. The zero-order valence-electron chi connectivity index (χ0n) is 12.0. The average Bonchev–Trinajstić information content (AvgIpc) is 2.98. The van der Waals surface area contributed by atoms with E-state index >= 15 is 0 Å². The van der Waals surface area contributed by atoms with Gasteiger partial charge in [0.1, 0.15) is 17.6 Å². The fourth-order valence-electron chi connectivity index (χ4n) is 3.41. The van der Waals surface area contributed by atoms with E-state index in [4.69, 9.17) is 16.3 Å². The van der Waals surface area contributed by atoms with Gasteiger partial charge < -0.3 is 4.74 Å². The molecule has 0 saturated heterocycles. The van der Waals surface area contributed by atoms with Gasteiger partial charge in [-0.15, -0.1) is 0 Å². The van der Waals surface area contributed by atoms with Gasteiger partial charge in [-0.2, -0.15) is 5.10 Å². The Bertz CT molecular complexity index is 800. The molecule has 0 saturated carbocycles. The molecular formula is C16H14BrClN2O2. The molecular weight excluding hydrogens is 368 g/mol. The second-order valence-corrected chi connectivity index (χ2v) is 7.13. The molecule has 2 aromatic rings. The lowest BCUT2D eigenvalue weighted by Crippen LogP contribution is -2.16. The minimum absolute atomic E-state index is 0.114. The monoisotopic (exact) mass is 380 g/mol. The molecule has 4 rings (SSSR count). The Morgan fingerprint density at radius 2 is 2.23 bits per heavy atom. The first kappa shape index (κ1) is 14.3. The largest absolute Gasteiger partial charge is 0.482 e. The summed E-state index contributed by atoms with van der Waals surface area (Å²) in [6.07, 6.45) is 2.43. The summed E-state index contributed by atoms with van der Waals surface area (Å²) in [6, 6.07) is 3.78. The molecule has 6 heteroatoms. The fourth-order valence-corrected chi connectivity index (χ4v) is 4.38. The third kappa shape index (κ3) is 2.18. The highest BCUT2D eigenvalue weighted by Gasteiger charge is 2.34. The molecule has 1 atom stereocenters. The van der Waals surface area contributed by atoms with Crippen LogP contribution in [-0.4, -0.2) is 15.6 Å². The first-order chi connectivity index (χ1) is 10.5. The summed E-state index contributed by atoms with van der Waals surface area (Å²) in [5, 5.41) is 5.27. The molecule has 1 aromatic heterocycles. The number of aromatic nitrogens is 2. The van der Waals surface area contributed by atoms with E-state index < -0.39 is 0 Å². The van der Waals surface area contributed by atoms with Crippen LogP contribution in [0.25, 0.3) is 0 Å². The van der Waals surface area contributed by atoms with Crippen LogP contribution in [0, 0.1) is 0 Å². The van der Waals surface area contributed by atoms with E-state index in [1.165, 1.54) is 0 Å². The summed E-state index contributed by atoms with van der Waals surface area (Å²) in [6.45, 7) is 0. The number of carbonyl (C=O) groups excluding carboxylic acids is 1. The van der Waals surface area contributed by atoms with Crippen LogP contribution in [-0.2, 0) is 31.1 Å². The summed E-state index contributed by atoms with van der Waals surface area (Å²) in [5.41, 5.74) is 4.19. The average molecular weight is 382 g/mol. The smallest absolute Gasteiger partial charge is 0.145 e. The number of halogens is 2. The number of aryl methyl sites for hydroxylation is 2. The lowest BCUT2D eigenvalue weighted by molar-refractivity contribution is -0.118. The van der Waals surface area contributed by atoms with Crippen molar-refractivity contribution in [2.24, 2.45) is 7.05 Å². The highest BCUT2D eigenvalue weighted by atomic mass is 79.9. The van der Waals surface area contributed by atoms with Crippen molar-refractivity contribution >= 4 is 33.3 Å². The second kappa shape index (κ2) is 5.10. The summed E-state index contributed by atoms with van der Waals surface area (Å²) in [7, 11) is 1.92. The Balaban J connectivity index is 1.75. The van der Waals surface area contributed by atoms with Gasteiger partial charge in [0.15, 0.2) is 0 Å². The fraction of sp³-hybridized carbons (Fsp3) is 0.375. The number of benzene rings is 1. The zero-order valence-corrected chi connectivity index (χ0v) is 14.4. The number of ketones is 1. The molecule has 0 spiro atoms. The number of Topliss-reactive ketones (excluding diaryl/α,β-unsaturated/α-hetero) is 1. The van der Waals surface area contributed by atoms with E-state index in [9.17, 15) is 4.79 Å². The van der Waals surface area contributed by atoms with Gasteiger partial charge in [0, 0.05) is 42.5 Å². The van der Waals surface area contributed by atoms with Gasteiger partial charge in [-0.25, -0.2) is 0 Å². The molecule has 0 fully saturated rings. The molecule has 2 heterocycles. The summed E-state index contributed by atoms with van der Waals surface area (Å²) in [4.78, 5) is 11.8. The lowest BCUT2D eigenvalue weighted by atomic mass is 9.92. The van der Waals surface area contributed by atoms with E-state index in [0.29, 0.717) is 17.9 Å². The Morgan fingerprint density at radius 1 is 1.41 bits per heavy atom. The van der Waals surface area contributed by atoms with E-state index in [0.717, 1.165) is 45.6 Å². The molecule has 0 radical (unpaired) electrons. The lowest BCUT2D eigenvalue weighted by Gasteiger charge is -2.16. The van der Waals surface area contributed by atoms with Gasteiger partial charge in [0.05, 0.1) is 15.9 Å². The van der Waals surface area contributed by atoms with Crippen LogP contribution in [0.3, 0.4) is 0 Å². The molecule has 1 aliphatic carbocycles. The van der Waals surface area contributed by atoms with Crippen LogP contribution < -0.4 is 4.74 Å². The van der Waals surface area contributed by atoms with Crippen molar-refractivity contribution in [2.75, 3.05) is 0 Å². The maximum absolute atomic E-state index is 11.8. The maximum Gasteiger partial charge on any atom is 0.145 e. The number of hydrogen-bond donors (Lipinski definition) is 0. The molecule has 0 amide bonds. The van der Waals surface area contributed by atoms with Crippen LogP contribution in [0.2, 0.25) is 5.02 Å². The van der Waals surface area contributed by atoms with Crippen molar-refractivity contribution in [3.63, 3.8) is 0 Å². The van der Waals surface area contributed by atoms with Crippen LogP contribution >= 0.6 is 27.5 Å². The molecule has 1 aliphatic heterocycles. The Labute approximate surface area is 141 Å². The van der Waals surface area contributed by atoms with E-state index in [-0.39, 0.29) is 11.9 Å². The molecule has 0 unspecified atom stereocenters. The highest BCUT2D eigenvalue weighted by Crippen LogP contribution is 2.44. The van der Waals surface area contributed by atoms with Crippen molar-refractivity contribution in [3.05, 3.63) is 44.1 Å². The van der Waals surface area contributed by atoms with Crippen LogP contribution in [0.15, 0.2) is 16.6 Å². The van der Waals surface area contributed by atoms with Crippen molar-refractivity contribution in [1.29, 1.82) is 0 Å². The zero-order chi connectivity index (χ0) is 15.4. The number of nitrogens with zero attached hydrogens (tertiary/aromatic N) is 2. The standard InChI is InChI=1S/C16H14BrClN2O2/c1-20-15(11-7-10(21)2-3-13(11)19-20)14-5-8-4-9(18)6-12(17)16(8)22-14/h4,6,14H,2-3,5,7H2,1H3/t14-/m1/s1. The van der Waals surface area contributed by atoms with Gasteiger partial charge in [0.2, 0.25) is 0 Å². The Kier molecular flexibility index (Phi) is 3.31. The number of carbonyl (C=O) groups is 1. The molecule has 0 bridgehead atoms. The topological polar surface area (TPSA) is 44.1 Å². The van der Waals surface area contributed by atoms with Gasteiger partial charge in [-0.05, 0) is 34.5 Å². The molecule has 2 aliphatic rings. The Morgan fingerprint density at radius 3 is 3.05 bits per heavy atom. The predicted octanol–water partition coefficient (Wildman–Crippen LogP) is 3.57. The second-order valence-electron chi connectivity index (χ2n) is 5.84. The summed E-state index contributed by atoms with van der Waals surface area (Å²) < 4.78 is 8.88.